The van der Waals surface area contributed by atoms with Crippen molar-refractivity contribution in [2.24, 2.45) is 0 Å². The van der Waals surface area contributed by atoms with Crippen molar-refractivity contribution in [1.29, 1.82) is 0 Å². The maximum Gasteiger partial charge on any atom is 0.258 e. The van der Waals surface area contributed by atoms with Crippen LogP contribution in [-0.4, -0.2) is 26.6 Å². The van der Waals surface area contributed by atoms with Crippen LogP contribution in [0.15, 0.2) is 55.1 Å². The van der Waals surface area contributed by atoms with Crippen molar-refractivity contribution in [2.45, 2.75) is 13.0 Å². The molecule has 0 fully saturated rings. The summed E-state index contributed by atoms with van der Waals surface area (Å²) in [5.41, 5.74) is 0.835. The number of nitrogens with one attached hydrogen (secondary N) is 2. The van der Waals surface area contributed by atoms with E-state index < -0.39 is 17.8 Å². The maximum atomic E-state index is 13.7. The zero-order chi connectivity index (χ0) is 19.4. The number of rotatable bonds is 5. The molecule has 0 saturated carbocycles. The van der Waals surface area contributed by atoms with Gasteiger partial charge in [0.25, 0.3) is 5.91 Å². The standard InChI is InChI=1S/C18H15ClFN5O2/c1-11(25-10-21-9-22-25)17(26)23-13-3-5-14(6-4-13)24-18(27)15-8-12(19)2-7-16(15)20/h2-11H,1H3,(H,23,26)(H,24,27)/t11-/m0/s1. The molecule has 3 aromatic rings. The van der Waals surface area contributed by atoms with Gasteiger partial charge in [0.2, 0.25) is 5.91 Å². The van der Waals surface area contributed by atoms with E-state index in [2.05, 4.69) is 20.7 Å². The molecule has 3 rings (SSSR count). The topological polar surface area (TPSA) is 88.9 Å². The van der Waals surface area contributed by atoms with Crippen molar-refractivity contribution in [3.63, 3.8) is 0 Å². The van der Waals surface area contributed by atoms with Gasteiger partial charge < -0.3 is 10.6 Å². The van der Waals surface area contributed by atoms with Crippen molar-refractivity contribution < 1.29 is 14.0 Å². The highest BCUT2D eigenvalue weighted by atomic mass is 35.5. The van der Waals surface area contributed by atoms with E-state index in [0.29, 0.717) is 11.4 Å². The van der Waals surface area contributed by atoms with E-state index in [1.165, 1.54) is 29.5 Å². The van der Waals surface area contributed by atoms with E-state index in [9.17, 15) is 14.0 Å². The first-order valence-electron chi connectivity index (χ1n) is 7.95. The molecule has 7 nitrogen and oxygen atoms in total. The third-order valence-electron chi connectivity index (χ3n) is 3.80. The number of carbonyl (C=O) groups is 2. The number of benzene rings is 2. The number of carbonyl (C=O) groups excluding carboxylic acids is 2. The molecule has 0 aliphatic carbocycles. The Kier molecular flexibility index (Phi) is 5.46. The van der Waals surface area contributed by atoms with Gasteiger partial charge in [0, 0.05) is 16.4 Å². The van der Waals surface area contributed by atoms with Crippen LogP contribution in [0.5, 0.6) is 0 Å². The molecule has 2 N–H and O–H groups in total. The first kappa shape index (κ1) is 18.5. The van der Waals surface area contributed by atoms with E-state index in [-0.39, 0.29) is 16.5 Å². The van der Waals surface area contributed by atoms with Gasteiger partial charge in [-0.2, -0.15) is 5.10 Å². The number of hydrogen-bond donors (Lipinski definition) is 2. The summed E-state index contributed by atoms with van der Waals surface area (Å²) in [6, 6.07) is 9.65. The average molecular weight is 388 g/mol. The van der Waals surface area contributed by atoms with Crippen molar-refractivity contribution in [3.8, 4) is 0 Å². The van der Waals surface area contributed by atoms with Gasteiger partial charge >= 0.3 is 0 Å². The molecule has 0 bridgehead atoms. The lowest BCUT2D eigenvalue weighted by molar-refractivity contribution is -0.119. The molecule has 0 radical (unpaired) electrons. The summed E-state index contributed by atoms with van der Waals surface area (Å²) in [7, 11) is 0. The molecule has 2 amide bonds. The fourth-order valence-electron chi connectivity index (χ4n) is 2.29. The van der Waals surface area contributed by atoms with Gasteiger partial charge in [0.05, 0.1) is 5.56 Å². The number of nitrogens with zero attached hydrogens (tertiary/aromatic N) is 3. The summed E-state index contributed by atoms with van der Waals surface area (Å²) < 4.78 is 15.2. The van der Waals surface area contributed by atoms with Crippen LogP contribution >= 0.6 is 11.6 Å². The summed E-state index contributed by atoms with van der Waals surface area (Å²) >= 11 is 5.80. The molecule has 0 aliphatic heterocycles. The zero-order valence-corrected chi connectivity index (χ0v) is 14.9. The second kappa shape index (κ2) is 7.96. The summed E-state index contributed by atoms with van der Waals surface area (Å²) in [5.74, 6) is -1.55. The Morgan fingerprint density at radius 1 is 1.11 bits per heavy atom. The van der Waals surface area contributed by atoms with Gasteiger partial charge in [-0.05, 0) is 49.4 Å². The molecule has 1 heterocycles. The second-order valence-corrected chi connectivity index (χ2v) is 6.13. The summed E-state index contributed by atoms with van der Waals surface area (Å²) in [6.07, 6.45) is 2.81. The van der Waals surface area contributed by atoms with E-state index in [1.807, 2.05) is 0 Å². The van der Waals surface area contributed by atoms with Gasteiger partial charge in [-0.25, -0.2) is 14.1 Å². The number of anilines is 2. The van der Waals surface area contributed by atoms with Gasteiger partial charge in [-0.1, -0.05) is 11.6 Å². The fourth-order valence-corrected chi connectivity index (χ4v) is 2.46. The Morgan fingerprint density at radius 2 is 1.78 bits per heavy atom. The number of amides is 2. The van der Waals surface area contributed by atoms with Gasteiger partial charge in [-0.15, -0.1) is 0 Å². The van der Waals surface area contributed by atoms with Crippen LogP contribution in [0.1, 0.15) is 23.3 Å². The SMILES string of the molecule is C[C@@H](C(=O)Nc1ccc(NC(=O)c2cc(Cl)ccc2F)cc1)n1cncn1. The monoisotopic (exact) mass is 387 g/mol. The van der Waals surface area contributed by atoms with E-state index in [1.54, 1.807) is 31.2 Å². The quantitative estimate of drug-likeness (QED) is 0.701. The van der Waals surface area contributed by atoms with Crippen LogP contribution < -0.4 is 10.6 Å². The Bertz CT molecular complexity index is 960. The normalized spacial score (nSPS) is 11.7. The third-order valence-corrected chi connectivity index (χ3v) is 4.03. The lowest BCUT2D eigenvalue weighted by atomic mass is 10.2. The minimum absolute atomic E-state index is 0.151. The molecule has 2 aromatic carbocycles. The number of hydrogen-bond acceptors (Lipinski definition) is 4. The molecule has 1 aromatic heterocycles. The van der Waals surface area contributed by atoms with Crippen LogP contribution in [0.2, 0.25) is 5.02 Å². The predicted molar refractivity (Wildman–Crippen MR) is 99.2 cm³/mol. The first-order valence-corrected chi connectivity index (χ1v) is 8.33. The van der Waals surface area contributed by atoms with E-state index in [4.69, 9.17) is 11.6 Å². The van der Waals surface area contributed by atoms with Crippen LogP contribution in [0, 0.1) is 5.82 Å². The van der Waals surface area contributed by atoms with E-state index in [0.717, 1.165) is 6.07 Å². The molecule has 0 unspecified atom stereocenters. The lowest BCUT2D eigenvalue weighted by Gasteiger charge is -2.12. The Labute approximate surface area is 159 Å². The number of aromatic nitrogens is 3. The molecular weight excluding hydrogens is 373 g/mol. The van der Waals surface area contributed by atoms with Crippen molar-refractivity contribution in [1.82, 2.24) is 14.8 Å². The fraction of sp³-hybridized carbons (Fsp3) is 0.111. The van der Waals surface area contributed by atoms with Crippen molar-refractivity contribution >= 4 is 34.8 Å². The Balaban J connectivity index is 1.64. The average Bonchev–Trinajstić information content (AvgIpc) is 3.19. The predicted octanol–water partition coefficient (Wildman–Crippen LogP) is 3.52. The Morgan fingerprint density at radius 3 is 2.41 bits per heavy atom. The highest BCUT2D eigenvalue weighted by molar-refractivity contribution is 6.31. The molecule has 0 aliphatic rings. The van der Waals surface area contributed by atoms with E-state index >= 15 is 0 Å². The summed E-state index contributed by atoms with van der Waals surface area (Å²) in [6.45, 7) is 1.69. The van der Waals surface area contributed by atoms with Gasteiger partial charge in [-0.3, -0.25) is 9.59 Å². The molecular formula is C18H15ClFN5O2. The first-order chi connectivity index (χ1) is 12.9. The summed E-state index contributed by atoms with van der Waals surface area (Å²) in [5, 5.41) is 9.51. The maximum absolute atomic E-state index is 13.7. The highest BCUT2D eigenvalue weighted by Gasteiger charge is 2.16. The molecule has 9 heteroatoms. The van der Waals surface area contributed by atoms with Gasteiger partial charge in [0.15, 0.2) is 0 Å². The van der Waals surface area contributed by atoms with Crippen LogP contribution in [0.3, 0.4) is 0 Å². The van der Waals surface area contributed by atoms with Crippen LogP contribution in [0.25, 0.3) is 0 Å². The smallest absolute Gasteiger partial charge is 0.258 e. The molecule has 1 atom stereocenters. The molecule has 138 valence electrons. The minimum Gasteiger partial charge on any atom is -0.324 e. The zero-order valence-electron chi connectivity index (χ0n) is 14.2. The van der Waals surface area contributed by atoms with Crippen LogP contribution in [0.4, 0.5) is 15.8 Å². The molecule has 0 saturated heterocycles. The van der Waals surface area contributed by atoms with Crippen molar-refractivity contribution in [2.75, 3.05) is 10.6 Å². The third kappa shape index (κ3) is 4.48. The van der Waals surface area contributed by atoms with Crippen LogP contribution in [-0.2, 0) is 4.79 Å². The Hall–Kier alpha value is -3.26. The second-order valence-electron chi connectivity index (χ2n) is 5.70. The lowest BCUT2D eigenvalue weighted by Crippen LogP contribution is -2.24. The van der Waals surface area contributed by atoms with Crippen molar-refractivity contribution in [3.05, 3.63) is 71.5 Å². The molecule has 27 heavy (non-hydrogen) atoms. The molecule has 0 spiro atoms. The minimum atomic E-state index is -0.664. The summed E-state index contributed by atoms with van der Waals surface area (Å²) in [4.78, 5) is 28.2. The van der Waals surface area contributed by atoms with Gasteiger partial charge in [0.1, 0.15) is 24.5 Å². The largest absolute Gasteiger partial charge is 0.324 e. The number of halogens is 2. The highest BCUT2D eigenvalue weighted by Crippen LogP contribution is 2.19.